The number of H-pyrrole nitrogens is 1. The van der Waals surface area contributed by atoms with Gasteiger partial charge in [0.2, 0.25) is 0 Å². The van der Waals surface area contributed by atoms with Gasteiger partial charge in [0.1, 0.15) is 5.75 Å². The van der Waals surface area contributed by atoms with Crippen LogP contribution in [0.2, 0.25) is 0 Å². The minimum absolute atomic E-state index is 0.233. The van der Waals surface area contributed by atoms with Gasteiger partial charge in [-0.3, -0.25) is 4.79 Å². The Morgan fingerprint density at radius 1 is 1.39 bits per heavy atom. The fourth-order valence-electron chi connectivity index (χ4n) is 2.18. The highest BCUT2D eigenvalue weighted by Gasteiger charge is 2.14. The van der Waals surface area contributed by atoms with E-state index in [4.69, 9.17) is 10.5 Å². The van der Waals surface area contributed by atoms with Gasteiger partial charge >= 0.3 is 0 Å². The summed E-state index contributed by atoms with van der Waals surface area (Å²) < 4.78 is 5.46. The molecule has 0 amide bonds. The number of benzene rings is 1. The Morgan fingerprint density at radius 3 is 3.11 bits per heavy atom. The van der Waals surface area contributed by atoms with Crippen LogP contribution in [0.4, 0.5) is 0 Å². The monoisotopic (exact) mass is 243 g/mol. The van der Waals surface area contributed by atoms with Gasteiger partial charge in [0.05, 0.1) is 12.3 Å². The van der Waals surface area contributed by atoms with E-state index in [1.807, 2.05) is 18.2 Å². The molecule has 0 aliphatic carbocycles. The predicted molar refractivity (Wildman–Crippen MR) is 67.4 cm³/mol. The molecule has 0 spiro atoms. The van der Waals surface area contributed by atoms with E-state index in [2.05, 4.69) is 10.2 Å². The molecule has 3 N–H and O–H groups in total. The second kappa shape index (κ2) is 4.27. The number of nitrogens with one attached hydrogen (secondary N) is 1. The molecule has 0 fully saturated rings. The number of hydrogen-bond acceptors (Lipinski definition) is 4. The van der Waals surface area contributed by atoms with Gasteiger partial charge in [0, 0.05) is 24.6 Å². The molecule has 1 aromatic carbocycles. The van der Waals surface area contributed by atoms with Gasteiger partial charge in [0.15, 0.2) is 0 Å². The fraction of sp³-hybridized carbons (Fsp3) is 0.231. The Hall–Kier alpha value is -2.14. The van der Waals surface area contributed by atoms with E-state index >= 15 is 0 Å². The molecule has 0 bridgehead atoms. The molecule has 1 aliphatic heterocycles. The lowest BCUT2D eigenvalue weighted by Crippen LogP contribution is -2.12. The second-order valence-electron chi connectivity index (χ2n) is 4.23. The molecule has 1 aliphatic rings. The second-order valence-corrected chi connectivity index (χ2v) is 4.23. The Kier molecular flexibility index (Phi) is 2.60. The summed E-state index contributed by atoms with van der Waals surface area (Å²) in [6, 6.07) is 7.41. The van der Waals surface area contributed by atoms with Crippen molar-refractivity contribution >= 4 is 0 Å². The molecule has 0 saturated carbocycles. The van der Waals surface area contributed by atoms with Gasteiger partial charge in [-0.2, -0.15) is 5.10 Å². The third-order valence-corrected chi connectivity index (χ3v) is 3.07. The summed E-state index contributed by atoms with van der Waals surface area (Å²) in [7, 11) is 0. The topological polar surface area (TPSA) is 81.0 Å². The van der Waals surface area contributed by atoms with Gasteiger partial charge < -0.3 is 10.5 Å². The van der Waals surface area contributed by atoms with E-state index in [1.165, 1.54) is 11.6 Å². The van der Waals surface area contributed by atoms with Crippen LogP contribution in [0.1, 0.15) is 11.1 Å². The number of nitrogens with two attached hydrogens (primary N) is 1. The highest BCUT2D eigenvalue weighted by Crippen LogP contribution is 2.30. The van der Waals surface area contributed by atoms with Crippen LogP contribution in [0.15, 0.2) is 29.1 Å². The number of aromatic amines is 1. The molecule has 0 saturated heterocycles. The molecule has 2 heterocycles. The van der Waals surface area contributed by atoms with Crippen LogP contribution in [0, 0.1) is 0 Å². The average Bonchev–Trinajstić information content (AvgIpc) is 2.85. The Balaban J connectivity index is 2.12. The van der Waals surface area contributed by atoms with Crippen LogP contribution < -0.4 is 16.0 Å². The molecule has 0 radical (unpaired) electrons. The average molecular weight is 243 g/mol. The SMILES string of the molecule is NCc1cc(=O)[nH]nc1-c1ccc2c(c1)CCO2. The number of hydrogen-bond donors (Lipinski definition) is 2. The van der Waals surface area contributed by atoms with Crippen molar-refractivity contribution in [1.82, 2.24) is 10.2 Å². The van der Waals surface area contributed by atoms with Crippen molar-refractivity contribution in [1.29, 1.82) is 0 Å². The lowest BCUT2D eigenvalue weighted by Gasteiger charge is -2.07. The first-order chi connectivity index (χ1) is 8.78. The van der Waals surface area contributed by atoms with E-state index in [0.717, 1.165) is 35.6 Å². The van der Waals surface area contributed by atoms with E-state index < -0.39 is 0 Å². The van der Waals surface area contributed by atoms with E-state index in [-0.39, 0.29) is 5.56 Å². The van der Waals surface area contributed by atoms with Crippen molar-refractivity contribution in [2.75, 3.05) is 6.61 Å². The third-order valence-electron chi connectivity index (χ3n) is 3.07. The van der Waals surface area contributed by atoms with Crippen LogP contribution in [-0.4, -0.2) is 16.8 Å². The molecule has 0 atom stereocenters. The molecular weight excluding hydrogens is 230 g/mol. The molecule has 92 valence electrons. The van der Waals surface area contributed by atoms with Crippen LogP contribution in [0.25, 0.3) is 11.3 Å². The fourth-order valence-corrected chi connectivity index (χ4v) is 2.18. The van der Waals surface area contributed by atoms with Crippen LogP contribution in [0.3, 0.4) is 0 Å². The number of fused-ring (bicyclic) bond motifs is 1. The summed E-state index contributed by atoms with van der Waals surface area (Å²) in [5.41, 5.74) is 9.02. The van der Waals surface area contributed by atoms with Crippen LogP contribution in [-0.2, 0) is 13.0 Å². The van der Waals surface area contributed by atoms with Crippen molar-refractivity contribution in [3.8, 4) is 17.0 Å². The Morgan fingerprint density at radius 2 is 2.28 bits per heavy atom. The van der Waals surface area contributed by atoms with E-state index in [9.17, 15) is 4.79 Å². The number of rotatable bonds is 2. The third kappa shape index (κ3) is 1.78. The molecule has 5 nitrogen and oxygen atoms in total. The summed E-state index contributed by atoms with van der Waals surface area (Å²) in [6.07, 6.45) is 0.907. The minimum Gasteiger partial charge on any atom is -0.493 e. The first-order valence-electron chi connectivity index (χ1n) is 5.82. The molecule has 3 rings (SSSR count). The summed E-state index contributed by atoms with van der Waals surface area (Å²) in [6.45, 7) is 1.02. The summed E-state index contributed by atoms with van der Waals surface area (Å²) in [4.78, 5) is 11.2. The van der Waals surface area contributed by atoms with Gasteiger partial charge in [-0.1, -0.05) is 0 Å². The van der Waals surface area contributed by atoms with Crippen molar-refractivity contribution in [2.45, 2.75) is 13.0 Å². The van der Waals surface area contributed by atoms with Gasteiger partial charge in [-0.05, 0) is 29.3 Å². The molecule has 1 aromatic heterocycles. The Bertz CT molecular complexity index is 649. The number of nitrogens with zero attached hydrogens (tertiary/aromatic N) is 1. The lowest BCUT2D eigenvalue weighted by molar-refractivity contribution is 0.357. The highest BCUT2D eigenvalue weighted by molar-refractivity contribution is 5.65. The molecule has 18 heavy (non-hydrogen) atoms. The van der Waals surface area contributed by atoms with Crippen molar-refractivity contribution in [3.63, 3.8) is 0 Å². The van der Waals surface area contributed by atoms with Gasteiger partial charge in [0.25, 0.3) is 5.56 Å². The minimum atomic E-state index is -0.233. The van der Waals surface area contributed by atoms with E-state index in [1.54, 1.807) is 0 Å². The quantitative estimate of drug-likeness (QED) is 0.818. The zero-order chi connectivity index (χ0) is 12.5. The summed E-state index contributed by atoms with van der Waals surface area (Å²) in [5, 5.41) is 6.53. The molecule has 2 aromatic rings. The standard InChI is InChI=1S/C13H13N3O2/c14-7-10-6-12(17)15-16-13(10)9-1-2-11-8(5-9)3-4-18-11/h1-2,5-6H,3-4,7,14H2,(H,15,17). The first kappa shape index (κ1) is 11.0. The predicted octanol–water partition coefficient (Wildman–Crippen LogP) is 0.831. The smallest absolute Gasteiger partial charge is 0.264 e. The van der Waals surface area contributed by atoms with Crippen LogP contribution >= 0.6 is 0 Å². The largest absolute Gasteiger partial charge is 0.493 e. The van der Waals surface area contributed by atoms with Crippen molar-refractivity contribution < 1.29 is 4.74 Å². The highest BCUT2D eigenvalue weighted by atomic mass is 16.5. The van der Waals surface area contributed by atoms with Crippen molar-refractivity contribution in [3.05, 3.63) is 45.7 Å². The maximum atomic E-state index is 11.2. The van der Waals surface area contributed by atoms with Gasteiger partial charge in [-0.25, -0.2) is 5.10 Å². The Labute approximate surface area is 104 Å². The van der Waals surface area contributed by atoms with E-state index in [0.29, 0.717) is 6.54 Å². The zero-order valence-corrected chi connectivity index (χ0v) is 9.77. The molecule has 0 unspecified atom stereocenters. The molecular formula is C13H13N3O2. The molecule has 5 heteroatoms. The lowest BCUT2D eigenvalue weighted by atomic mass is 10.0. The zero-order valence-electron chi connectivity index (χ0n) is 9.77. The first-order valence-corrected chi connectivity index (χ1v) is 5.82. The normalized spacial score (nSPS) is 13.2. The van der Waals surface area contributed by atoms with Crippen molar-refractivity contribution in [2.24, 2.45) is 5.73 Å². The van der Waals surface area contributed by atoms with Gasteiger partial charge in [-0.15, -0.1) is 0 Å². The summed E-state index contributed by atoms with van der Waals surface area (Å²) >= 11 is 0. The number of ether oxygens (including phenoxy) is 1. The maximum Gasteiger partial charge on any atom is 0.264 e. The summed E-state index contributed by atoms with van der Waals surface area (Å²) in [5.74, 6) is 0.928. The maximum absolute atomic E-state index is 11.2. The van der Waals surface area contributed by atoms with Crippen LogP contribution in [0.5, 0.6) is 5.75 Å². The number of aromatic nitrogens is 2.